The number of unbranched alkanes of at least 4 members (excludes halogenated alkanes) is 2. The van der Waals surface area contributed by atoms with Crippen LogP contribution in [0.2, 0.25) is 0 Å². The molecule has 0 unspecified atom stereocenters. The minimum Gasteiger partial charge on any atom is -0.331 e. The highest BCUT2D eigenvalue weighted by molar-refractivity contribution is 5.89. The van der Waals surface area contributed by atoms with Crippen molar-refractivity contribution in [3.63, 3.8) is 0 Å². The Hall–Kier alpha value is -2.37. The van der Waals surface area contributed by atoms with Crippen LogP contribution >= 0.6 is 0 Å². The lowest BCUT2D eigenvalue weighted by molar-refractivity contribution is 0.251. The van der Waals surface area contributed by atoms with Crippen LogP contribution < -0.4 is 10.6 Å². The fraction of sp³-hybridized carbons (Fsp3) is 0.438. The summed E-state index contributed by atoms with van der Waals surface area (Å²) < 4.78 is 1.63. The van der Waals surface area contributed by atoms with Crippen LogP contribution in [0.25, 0.3) is 0 Å². The number of carbonyl (C=O) groups excluding carboxylic acids is 1. The summed E-state index contributed by atoms with van der Waals surface area (Å²) in [6, 6.07) is 7.75. The van der Waals surface area contributed by atoms with E-state index in [1.807, 2.05) is 12.1 Å². The van der Waals surface area contributed by atoms with E-state index in [-0.39, 0.29) is 6.03 Å². The van der Waals surface area contributed by atoms with Crippen molar-refractivity contribution < 1.29 is 4.79 Å². The van der Waals surface area contributed by atoms with E-state index in [0.29, 0.717) is 12.4 Å². The molecular weight excluding hydrogens is 278 g/mol. The molecule has 6 nitrogen and oxygen atoms in total. The monoisotopic (exact) mass is 301 g/mol. The zero-order valence-electron chi connectivity index (χ0n) is 13.2. The number of amides is 2. The van der Waals surface area contributed by atoms with Gasteiger partial charge in [-0.1, -0.05) is 31.9 Å². The fourth-order valence-electron chi connectivity index (χ4n) is 2.15. The number of nitrogens with one attached hydrogen (secondary N) is 2. The molecule has 0 aliphatic rings. The van der Waals surface area contributed by atoms with Gasteiger partial charge in [0.15, 0.2) is 0 Å². The highest BCUT2D eigenvalue weighted by Crippen LogP contribution is 2.12. The maximum absolute atomic E-state index is 11.8. The maximum atomic E-state index is 11.8. The van der Waals surface area contributed by atoms with E-state index in [2.05, 4.69) is 39.8 Å². The lowest BCUT2D eigenvalue weighted by Crippen LogP contribution is -2.29. The number of hydrogen-bond acceptors (Lipinski definition) is 3. The smallest absolute Gasteiger partial charge is 0.319 e. The van der Waals surface area contributed by atoms with Gasteiger partial charge in [-0.2, -0.15) is 5.10 Å². The van der Waals surface area contributed by atoms with Crippen LogP contribution in [-0.4, -0.2) is 20.8 Å². The third-order valence-corrected chi connectivity index (χ3v) is 3.49. The second-order valence-corrected chi connectivity index (χ2v) is 5.26. The third kappa shape index (κ3) is 4.87. The number of carbonyl (C=O) groups is 1. The molecule has 118 valence electrons. The van der Waals surface area contributed by atoms with E-state index in [1.165, 1.54) is 31.2 Å². The first-order chi connectivity index (χ1) is 10.7. The highest BCUT2D eigenvalue weighted by Gasteiger charge is 2.05. The minimum absolute atomic E-state index is 0.248. The molecule has 2 rings (SSSR count). The Morgan fingerprint density at radius 3 is 2.64 bits per heavy atom. The number of anilines is 1. The van der Waals surface area contributed by atoms with Gasteiger partial charge in [0, 0.05) is 12.7 Å². The molecule has 0 saturated carbocycles. The molecule has 0 bridgehead atoms. The Morgan fingerprint density at radius 1 is 1.23 bits per heavy atom. The van der Waals surface area contributed by atoms with Gasteiger partial charge in [0.1, 0.15) is 12.2 Å². The second kappa shape index (κ2) is 8.17. The number of rotatable bonds is 7. The van der Waals surface area contributed by atoms with Crippen LogP contribution in [0.5, 0.6) is 0 Å². The predicted molar refractivity (Wildman–Crippen MR) is 86.5 cm³/mol. The van der Waals surface area contributed by atoms with E-state index >= 15 is 0 Å². The molecule has 0 aliphatic heterocycles. The number of urea groups is 1. The summed E-state index contributed by atoms with van der Waals surface area (Å²) in [5.74, 6) is 0.710. The van der Waals surface area contributed by atoms with Gasteiger partial charge in [-0.15, -0.1) is 0 Å². The van der Waals surface area contributed by atoms with Crippen molar-refractivity contribution in [3.05, 3.63) is 42.0 Å². The van der Waals surface area contributed by atoms with Crippen molar-refractivity contribution in [3.8, 4) is 0 Å². The van der Waals surface area contributed by atoms with Gasteiger partial charge < -0.3 is 10.6 Å². The summed E-state index contributed by atoms with van der Waals surface area (Å²) in [7, 11) is 1.79. The van der Waals surface area contributed by atoms with Crippen molar-refractivity contribution in [1.82, 2.24) is 20.1 Å². The molecule has 6 heteroatoms. The summed E-state index contributed by atoms with van der Waals surface area (Å²) >= 11 is 0. The zero-order valence-corrected chi connectivity index (χ0v) is 13.2. The first-order valence-electron chi connectivity index (χ1n) is 7.65. The topological polar surface area (TPSA) is 71.8 Å². The molecule has 0 spiro atoms. The van der Waals surface area contributed by atoms with E-state index in [9.17, 15) is 4.79 Å². The number of aromatic nitrogens is 3. The number of nitrogens with zero attached hydrogens (tertiary/aromatic N) is 3. The molecule has 2 aromatic rings. The van der Waals surface area contributed by atoms with E-state index in [4.69, 9.17) is 0 Å². The number of aryl methyl sites for hydroxylation is 2. The Morgan fingerprint density at radius 2 is 2.00 bits per heavy atom. The van der Waals surface area contributed by atoms with Crippen molar-refractivity contribution in [2.45, 2.75) is 39.2 Å². The molecule has 2 amide bonds. The number of benzene rings is 1. The molecule has 1 aromatic carbocycles. The minimum atomic E-state index is -0.248. The van der Waals surface area contributed by atoms with Gasteiger partial charge in [0.25, 0.3) is 0 Å². The molecule has 1 aromatic heterocycles. The van der Waals surface area contributed by atoms with E-state index in [0.717, 1.165) is 12.1 Å². The molecule has 0 atom stereocenters. The predicted octanol–water partition coefficient (Wildman–Crippen LogP) is 2.87. The maximum Gasteiger partial charge on any atom is 0.319 e. The van der Waals surface area contributed by atoms with Crippen LogP contribution in [0.15, 0.2) is 30.6 Å². The summed E-state index contributed by atoms with van der Waals surface area (Å²) in [6.45, 7) is 2.55. The zero-order chi connectivity index (χ0) is 15.8. The second-order valence-electron chi connectivity index (χ2n) is 5.26. The van der Waals surface area contributed by atoms with Crippen molar-refractivity contribution in [2.24, 2.45) is 7.05 Å². The fourth-order valence-corrected chi connectivity index (χ4v) is 2.15. The highest BCUT2D eigenvalue weighted by atomic mass is 16.2. The largest absolute Gasteiger partial charge is 0.331 e. The summed E-state index contributed by atoms with van der Waals surface area (Å²) in [5, 5.41) is 9.52. The van der Waals surface area contributed by atoms with Crippen LogP contribution in [0.3, 0.4) is 0 Å². The molecule has 0 aliphatic carbocycles. The van der Waals surface area contributed by atoms with Crippen molar-refractivity contribution in [1.29, 1.82) is 0 Å². The lowest BCUT2D eigenvalue weighted by atomic mass is 10.1. The normalized spacial score (nSPS) is 10.5. The average molecular weight is 301 g/mol. The molecule has 22 heavy (non-hydrogen) atoms. The van der Waals surface area contributed by atoms with Crippen LogP contribution in [0.4, 0.5) is 10.5 Å². The molecule has 0 saturated heterocycles. The summed E-state index contributed by atoms with van der Waals surface area (Å²) in [4.78, 5) is 15.9. The van der Waals surface area contributed by atoms with Gasteiger partial charge in [-0.05, 0) is 30.5 Å². The third-order valence-electron chi connectivity index (χ3n) is 3.49. The SMILES string of the molecule is CCCCCc1ccc(NC(=O)NCc2ncnn2C)cc1. The standard InChI is InChI=1S/C16H23N5O/c1-3-4-5-6-13-7-9-14(10-8-13)20-16(22)17-11-15-18-12-19-21(15)2/h7-10,12H,3-6,11H2,1-2H3,(H2,17,20,22). The molecule has 0 fully saturated rings. The van der Waals surface area contributed by atoms with Crippen LogP contribution in [0, 0.1) is 0 Å². The quantitative estimate of drug-likeness (QED) is 0.772. The van der Waals surface area contributed by atoms with Gasteiger partial charge in [0.2, 0.25) is 0 Å². The molecule has 2 N–H and O–H groups in total. The Labute approximate surface area is 130 Å². The van der Waals surface area contributed by atoms with Gasteiger partial charge >= 0.3 is 6.03 Å². The van der Waals surface area contributed by atoms with Gasteiger partial charge in [0.05, 0.1) is 6.54 Å². The number of hydrogen-bond donors (Lipinski definition) is 2. The van der Waals surface area contributed by atoms with E-state index in [1.54, 1.807) is 11.7 Å². The average Bonchev–Trinajstić information content (AvgIpc) is 2.92. The Bertz CT molecular complexity index is 591. The van der Waals surface area contributed by atoms with Crippen LogP contribution in [0.1, 0.15) is 37.6 Å². The first kappa shape index (κ1) is 16.0. The van der Waals surface area contributed by atoms with Gasteiger partial charge in [-0.25, -0.2) is 9.78 Å². The van der Waals surface area contributed by atoms with E-state index < -0.39 is 0 Å². The van der Waals surface area contributed by atoms with Crippen LogP contribution in [-0.2, 0) is 20.0 Å². The molecular formula is C16H23N5O. The first-order valence-corrected chi connectivity index (χ1v) is 7.65. The Balaban J connectivity index is 1.77. The Kier molecular flexibility index (Phi) is 5.94. The molecule has 1 heterocycles. The van der Waals surface area contributed by atoms with Crippen molar-refractivity contribution in [2.75, 3.05) is 5.32 Å². The lowest BCUT2D eigenvalue weighted by Gasteiger charge is -2.08. The molecule has 0 radical (unpaired) electrons. The van der Waals surface area contributed by atoms with Crippen molar-refractivity contribution >= 4 is 11.7 Å². The summed E-state index contributed by atoms with van der Waals surface area (Å²) in [5.41, 5.74) is 2.09. The summed E-state index contributed by atoms with van der Waals surface area (Å²) in [6.07, 6.45) is 6.25. The van der Waals surface area contributed by atoms with Gasteiger partial charge in [-0.3, -0.25) is 4.68 Å².